The van der Waals surface area contributed by atoms with Crippen molar-refractivity contribution in [3.05, 3.63) is 35.9 Å². The number of β-lactam (4-membered cyclic amide) rings is 1. The van der Waals surface area contributed by atoms with Crippen LogP contribution in [-0.2, 0) is 19.2 Å². The molecule has 1 aromatic rings. The number of carbonyl (C=O) groups excluding carboxylic acids is 3. The van der Waals surface area contributed by atoms with Crippen molar-refractivity contribution < 1.29 is 24.3 Å². The Balaban J connectivity index is 1.61. The van der Waals surface area contributed by atoms with E-state index in [2.05, 4.69) is 21.3 Å². The average Bonchev–Trinajstić information content (AvgIpc) is 3.29. The molecule has 32 heavy (non-hydrogen) atoms. The van der Waals surface area contributed by atoms with Crippen LogP contribution in [0.15, 0.2) is 30.3 Å². The van der Waals surface area contributed by atoms with Crippen LogP contribution in [0, 0.1) is 0 Å². The molecule has 3 heterocycles. The average molecular weight is 462 g/mol. The summed E-state index contributed by atoms with van der Waals surface area (Å²) in [6.45, 7) is 4.90. The quantitative estimate of drug-likeness (QED) is 0.350. The SMILES string of the molecule is CC1(C)S[C@@H]2CC(=O)N2[C@@]1(NC(=O)C(NC(=O)CC1NCCN1)c1ccccc1)C(=O)O. The fraction of sp³-hybridized carbons (Fsp3) is 0.524. The van der Waals surface area contributed by atoms with Gasteiger partial charge in [0, 0.05) is 13.1 Å². The molecule has 10 nitrogen and oxygen atoms in total. The minimum absolute atomic E-state index is 0.120. The smallest absolute Gasteiger partial charge is 0.352 e. The predicted molar refractivity (Wildman–Crippen MR) is 117 cm³/mol. The molecule has 3 aliphatic rings. The van der Waals surface area contributed by atoms with Gasteiger partial charge in [-0.15, -0.1) is 11.8 Å². The van der Waals surface area contributed by atoms with Crippen molar-refractivity contribution in [2.45, 2.75) is 54.7 Å². The lowest BCUT2D eigenvalue weighted by Crippen LogP contribution is -2.75. The summed E-state index contributed by atoms with van der Waals surface area (Å²) in [6.07, 6.45) is 0.165. The first-order valence-corrected chi connectivity index (χ1v) is 11.4. The number of nitrogens with one attached hydrogen (secondary N) is 4. The molecule has 172 valence electrons. The van der Waals surface area contributed by atoms with Crippen molar-refractivity contribution in [1.29, 1.82) is 0 Å². The number of benzene rings is 1. The highest BCUT2D eigenvalue weighted by atomic mass is 32.2. The van der Waals surface area contributed by atoms with E-state index < -0.39 is 28.3 Å². The molecule has 3 aliphatic heterocycles. The number of hydrogen-bond acceptors (Lipinski definition) is 7. The number of hydrogen-bond donors (Lipinski definition) is 5. The maximum Gasteiger partial charge on any atom is 0.352 e. The van der Waals surface area contributed by atoms with Crippen molar-refractivity contribution in [3.8, 4) is 0 Å². The van der Waals surface area contributed by atoms with Gasteiger partial charge in [0.15, 0.2) is 0 Å². The number of carboxylic acids is 1. The lowest BCUT2D eigenvalue weighted by Gasteiger charge is -2.46. The topological polar surface area (TPSA) is 140 Å². The Kier molecular flexibility index (Phi) is 5.91. The van der Waals surface area contributed by atoms with E-state index in [4.69, 9.17) is 0 Å². The second-order valence-electron chi connectivity index (χ2n) is 8.63. The maximum atomic E-state index is 13.5. The van der Waals surface area contributed by atoms with E-state index in [-0.39, 0.29) is 36.2 Å². The van der Waals surface area contributed by atoms with Crippen molar-refractivity contribution in [3.63, 3.8) is 0 Å². The molecule has 0 saturated carbocycles. The minimum Gasteiger partial charge on any atom is -0.478 e. The molecular weight excluding hydrogens is 434 g/mol. The second-order valence-corrected chi connectivity index (χ2v) is 10.4. The van der Waals surface area contributed by atoms with Gasteiger partial charge in [0.1, 0.15) is 6.04 Å². The standard InChI is InChI=1S/C21H27N5O5S/c1-20(2)21(19(30)31,26-15(28)11-16(26)32-20)25-18(29)17(12-6-4-3-5-7-12)24-14(27)10-13-22-8-9-23-13/h3-7,13,16-17,22-23H,8-11H2,1-2H3,(H,24,27)(H,25,29)(H,30,31)/t16-,17?,21+/m1/s1. The van der Waals surface area contributed by atoms with Crippen LogP contribution >= 0.6 is 11.8 Å². The summed E-state index contributed by atoms with van der Waals surface area (Å²) in [5.41, 5.74) is -1.40. The molecule has 3 fully saturated rings. The summed E-state index contributed by atoms with van der Waals surface area (Å²) in [5, 5.41) is 21.6. The molecular formula is C21H27N5O5S. The van der Waals surface area contributed by atoms with Crippen molar-refractivity contribution in [2.24, 2.45) is 0 Å². The summed E-state index contributed by atoms with van der Waals surface area (Å²) in [5.74, 6) is -2.68. The minimum atomic E-state index is -1.92. The lowest BCUT2D eigenvalue weighted by molar-refractivity contribution is -0.173. The van der Waals surface area contributed by atoms with E-state index in [0.29, 0.717) is 5.56 Å². The largest absolute Gasteiger partial charge is 0.478 e. The van der Waals surface area contributed by atoms with Crippen molar-refractivity contribution in [2.75, 3.05) is 13.1 Å². The van der Waals surface area contributed by atoms with Crippen LogP contribution < -0.4 is 21.3 Å². The van der Waals surface area contributed by atoms with Crippen LogP contribution in [0.2, 0.25) is 0 Å². The Morgan fingerprint density at radius 1 is 1.22 bits per heavy atom. The number of aliphatic carboxylic acids is 1. The first-order valence-electron chi connectivity index (χ1n) is 10.5. The lowest BCUT2D eigenvalue weighted by atomic mass is 9.89. The molecule has 5 N–H and O–H groups in total. The van der Waals surface area contributed by atoms with Gasteiger partial charge in [-0.1, -0.05) is 30.3 Å². The third-order valence-electron chi connectivity index (χ3n) is 6.18. The molecule has 0 bridgehead atoms. The third kappa shape index (κ3) is 3.74. The number of thioether (sulfide) groups is 1. The van der Waals surface area contributed by atoms with Crippen molar-refractivity contribution >= 4 is 35.5 Å². The molecule has 3 saturated heterocycles. The first-order chi connectivity index (χ1) is 15.2. The number of amides is 3. The van der Waals surface area contributed by atoms with Crippen LogP contribution in [-0.4, -0.2) is 68.7 Å². The summed E-state index contributed by atoms with van der Waals surface area (Å²) >= 11 is 1.35. The third-order valence-corrected chi connectivity index (χ3v) is 7.71. The molecule has 4 rings (SSSR count). The fourth-order valence-electron chi connectivity index (χ4n) is 4.54. The molecule has 0 spiro atoms. The first kappa shape index (κ1) is 22.6. The number of rotatable bonds is 7. The summed E-state index contributed by atoms with van der Waals surface area (Å²) in [4.78, 5) is 52.2. The van der Waals surface area contributed by atoms with Gasteiger partial charge in [0.05, 0.1) is 29.1 Å². The van der Waals surface area contributed by atoms with Gasteiger partial charge in [-0.25, -0.2) is 4.79 Å². The normalized spacial score (nSPS) is 27.4. The Labute approximate surface area is 189 Å². The second kappa shape index (κ2) is 8.38. The number of fused-ring (bicyclic) bond motifs is 1. The molecule has 0 aromatic heterocycles. The van der Waals surface area contributed by atoms with E-state index >= 15 is 0 Å². The van der Waals surface area contributed by atoms with Gasteiger partial charge in [-0.2, -0.15) is 0 Å². The van der Waals surface area contributed by atoms with Crippen LogP contribution in [0.4, 0.5) is 0 Å². The zero-order chi connectivity index (χ0) is 23.1. The Bertz CT molecular complexity index is 936. The number of nitrogens with zero attached hydrogens (tertiary/aromatic N) is 1. The molecule has 11 heteroatoms. The van der Waals surface area contributed by atoms with Gasteiger partial charge in [-0.3, -0.25) is 19.3 Å². The van der Waals surface area contributed by atoms with E-state index in [1.165, 1.54) is 16.7 Å². The van der Waals surface area contributed by atoms with E-state index in [1.54, 1.807) is 44.2 Å². The summed E-state index contributed by atoms with van der Waals surface area (Å²) in [7, 11) is 0. The van der Waals surface area contributed by atoms with Crippen LogP contribution in [0.1, 0.15) is 38.3 Å². The monoisotopic (exact) mass is 461 g/mol. The van der Waals surface area contributed by atoms with Gasteiger partial charge in [0.25, 0.3) is 0 Å². The number of carbonyl (C=O) groups is 4. The van der Waals surface area contributed by atoms with Gasteiger partial charge in [-0.05, 0) is 19.4 Å². The van der Waals surface area contributed by atoms with Crippen molar-refractivity contribution in [1.82, 2.24) is 26.2 Å². The predicted octanol–water partition coefficient (Wildman–Crippen LogP) is -0.266. The van der Waals surface area contributed by atoms with Crippen LogP contribution in [0.5, 0.6) is 0 Å². The Hall–Kier alpha value is -2.63. The maximum absolute atomic E-state index is 13.5. The zero-order valence-corrected chi connectivity index (χ0v) is 18.7. The highest BCUT2D eigenvalue weighted by molar-refractivity contribution is 8.01. The van der Waals surface area contributed by atoms with Gasteiger partial charge >= 0.3 is 5.97 Å². The van der Waals surface area contributed by atoms with Gasteiger partial charge in [0.2, 0.25) is 23.4 Å². The van der Waals surface area contributed by atoms with Crippen LogP contribution in [0.25, 0.3) is 0 Å². The molecule has 0 aliphatic carbocycles. The molecule has 1 unspecified atom stereocenters. The zero-order valence-electron chi connectivity index (χ0n) is 17.9. The van der Waals surface area contributed by atoms with E-state index in [9.17, 15) is 24.3 Å². The highest BCUT2D eigenvalue weighted by Gasteiger charge is 2.70. The van der Waals surface area contributed by atoms with E-state index in [0.717, 1.165) is 13.1 Å². The molecule has 1 aromatic carbocycles. The molecule has 0 radical (unpaired) electrons. The molecule has 3 atom stereocenters. The Morgan fingerprint density at radius 2 is 1.88 bits per heavy atom. The number of carboxylic acid groups (broad SMARTS) is 1. The Morgan fingerprint density at radius 3 is 2.47 bits per heavy atom. The summed E-state index contributed by atoms with van der Waals surface area (Å²) < 4.78 is -0.978. The summed E-state index contributed by atoms with van der Waals surface area (Å²) in [6, 6.07) is 7.52. The molecule has 3 amide bonds. The van der Waals surface area contributed by atoms with Gasteiger partial charge < -0.3 is 26.4 Å². The van der Waals surface area contributed by atoms with Crippen LogP contribution in [0.3, 0.4) is 0 Å². The fourth-order valence-corrected chi connectivity index (χ4v) is 6.23. The highest BCUT2D eigenvalue weighted by Crippen LogP contribution is 2.55. The van der Waals surface area contributed by atoms with E-state index in [1.807, 2.05) is 0 Å².